The number of halogens is 1. The van der Waals surface area contributed by atoms with Gasteiger partial charge in [-0.2, -0.15) is 5.26 Å². The number of ether oxygens (including phenoxy) is 1. The second-order valence-electron chi connectivity index (χ2n) is 7.55. The summed E-state index contributed by atoms with van der Waals surface area (Å²) in [7, 11) is 0. The number of benzene rings is 3. The number of rotatable bonds is 8. The molecule has 9 heteroatoms. The van der Waals surface area contributed by atoms with Crippen molar-refractivity contribution in [1.29, 1.82) is 5.26 Å². The van der Waals surface area contributed by atoms with E-state index >= 15 is 0 Å². The molecule has 0 unspecified atom stereocenters. The van der Waals surface area contributed by atoms with Crippen molar-refractivity contribution in [2.24, 2.45) is 0 Å². The molecule has 178 valence electrons. The lowest BCUT2D eigenvalue weighted by molar-refractivity contribution is -0.384. The first kappa shape index (κ1) is 24.3. The van der Waals surface area contributed by atoms with Crippen LogP contribution in [0.5, 0.6) is 5.75 Å². The highest BCUT2D eigenvalue weighted by Crippen LogP contribution is 2.33. The summed E-state index contributed by atoms with van der Waals surface area (Å²) in [4.78, 5) is 23.1. The second kappa shape index (κ2) is 11.0. The molecule has 4 aromatic rings. The maximum atomic E-state index is 12.6. The van der Waals surface area contributed by atoms with E-state index in [9.17, 15) is 20.2 Å². The lowest BCUT2D eigenvalue weighted by Gasteiger charge is -2.08. The number of nitrogens with one attached hydrogen (secondary N) is 1. The van der Waals surface area contributed by atoms with Gasteiger partial charge in [-0.05, 0) is 48.0 Å². The minimum atomic E-state index is -0.623. The summed E-state index contributed by atoms with van der Waals surface area (Å²) in [6.45, 7) is 0.417. The van der Waals surface area contributed by atoms with Gasteiger partial charge < -0.3 is 14.5 Å². The monoisotopic (exact) mass is 499 g/mol. The number of nitriles is 1. The molecule has 1 heterocycles. The fourth-order valence-electron chi connectivity index (χ4n) is 3.26. The second-order valence-corrected chi connectivity index (χ2v) is 7.95. The minimum Gasteiger partial charge on any atom is -0.489 e. The van der Waals surface area contributed by atoms with E-state index in [-0.39, 0.29) is 27.8 Å². The number of non-ortho nitro benzene ring substituents is 1. The van der Waals surface area contributed by atoms with Gasteiger partial charge in [0.05, 0.1) is 9.95 Å². The van der Waals surface area contributed by atoms with E-state index in [1.165, 1.54) is 30.3 Å². The van der Waals surface area contributed by atoms with Gasteiger partial charge in [0, 0.05) is 29.5 Å². The van der Waals surface area contributed by atoms with E-state index in [0.717, 1.165) is 5.56 Å². The Labute approximate surface area is 211 Å². The molecular weight excluding hydrogens is 482 g/mol. The number of hydrogen-bond donors (Lipinski definition) is 1. The molecule has 0 fully saturated rings. The van der Waals surface area contributed by atoms with E-state index in [2.05, 4.69) is 5.32 Å². The van der Waals surface area contributed by atoms with Crippen molar-refractivity contribution >= 4 is 35.0 Å². The first-order chi connectivity index (χ1) is 17.4. The Morgan fingerprint density at radius 2 is 1.83 bits per heavy atom. The molecule has 0 aliphatic carbocycles. The number of amides is 1. The van der Waals surface area contributed by atoms with Gasteiger partial charge in [0.2, 0.25) is 0 Å². The maximum Gasteiger partial charge on any atom is 0.270 e. The number of nitro groups is 1. The molecule has 0 saturated heterocycles. The summed E-state index contributed by atoms with van der Waals surface area (Å²) >= 11 is 6.16. The summed E-state index contributed by atoms with van der Waals surface area (Å²) < 4.78 is 11.4. The summed E-state index contributed by atoms with van der Waals surface area (Å²) in [5, 5.41) is 23.5. The zero-order valence-corrected chi connectivity index (χ0v) is 19.4. The molecule has 8 nitrogen and oxygen atoms in total. The number of nitro benzene ring substituents is 1. The van der Waals surface area contributed by atoms with E-state index < -0.39 is 10.8 Å². The van der Waals surface area contributed by atoms with Crippen molar-refractivity contribution in [3.63, 3.8) is 0 Å². The highest BCUT2D eigenvalue weighted by molar-refractivity contribution is 6.33. The lowest BCUT2D eigenvalue weighted by Crippen LogP contribution is -2.13. The van der Waals surface area contributed by atoms with Crippen molar-refractivity contribution in [3.8, 4) is 23.1 Å². The van der Waals surface area contributed by atoms with Crippen LogP contribution in [0.1, 0.15) is 11.3 Å². The van der Waals surface area contributed by atoms with Gasteiger partial charge >= 0.3 is 0 Å². The molecule has 0 spiro atoms. The Morgan fingerprint density at radius 1 is 1.08 bits per heavy atom. The fourth-order valence-corrected chi connectivity index (χ4v) is 3.47. The molecule has 36 heavy (non-hydrogen) atoms. The third-order valence-corrected chi connectivity index (χ3v) is 5.39. The summed E-state index contributed by atoms with van der Waals surface area (Å²) in [6.07, 6.45) is 1.28. The van der Waals surface area contributed by atoms with Gasteiger partial charge in [0.15, 0.2) is 0 Å². The van der Waals surface area contributed by atoms with Gasteiger partial charge in [-0.1, -0.05) is 41.9 Å². The van der Waals surface area contributed by atoms with Gasteiger partial charge in [-0.3, -0.25) is 14.9 Å². The van der Waals surface area contributed by atoms with Gasteiger partial charge in [-0.25, -0.2) is 0 Å². The fraction of sp³-hybridized carbons (Fsp3) is 0.0370. The highest BCUT2D eigenvalue weighted by atomic mass is 35.5. The average molecular weight is 500 g/mol. The third kappa shape index (κ3) is 5.97. The predicted octanol–water partition coefficient (Wildman–Crippen LogP) is 6.63. The maximum absolute atomic E-state index is 12.6. The SMILES string of the molecule is N#C/C(=C\c1ccc(-c2cc([N+](=O)[O-])ccc2Cl)o1)C(=O)Nc1ccc(OCc2ccccc2)cc1. The number of furan rings is 1. The van der Waals surface area contributed by atoms with Crippen LogP contribution in [-0.2, 0) is 11.4 Å². The molecule has 0 saturated carbocycles. The van der Waals surface area contributed by atoms with Crippen molar-refractivity contribution in [2.45, 2.75) is 6.61 Å². The summed E-state index contributed by atoms with van der Waals surface area (Å²) in [6, 6.07) is 25.4. The van der Waals surface area contributed by atoms with Crippen molar-refractivity contribution in [1.82, 2.24) is 0 Å². The average Bonchev–Trinajstić information content (AvgIpc) is 3.36. The van der Waals surface area contributed by atoms with Crippen LogP contribution >= 0.6 is 11.6 Å². The number of anilines is 1. The van der Waals surface area contributed by atoms with Crippen LogP contribution in [0.2, 0.25) is 5.02 Å². The van der Waals surface area contributed by atoms with Gasteiger partial charge in [0.25, 0.3) is 11.6 Å². The number of carbonyl (C=O) groups excluding carboxylic acids is 1. The van der Waals surface area contributed by atoms with Crippen molar-refractivity contribution in [2.75, 3.05) is 5.32 Å². The van der Waals surface area contributed by atoms with Crippen LogP contribution in [0.4, 0.5) is 11.4 Å². The van der Waals surface area contributed by atoms with Crippen LogP contribution in [0.25, 0.3) is 17.4 Å². The Kier molecular flexibility index (Phi) is 7.44. The Hall–Kier alpha value is -4.87. The molecular formula is C27H18ClN3O5. The van der Waals surface area contributed by atoms with E-state index in [4.69, 9.17) is 20.8 Å². The highest BCUT2D eigenvalue weighted by Gasteiger charge is 2.15. The van der Waals surface area contributed by atoms with Gasteiger partial charge in [0.1, 0.15) is 35.5 Å². The lowest BCUT2D eigenvalue weighted by atomic mass is 10.1. The van der Waals surface area contributed by atoms with Gasteiger partial charge in [-0.15, -0.1) is 0 Å². The van der Waals surface area contributed by atoms with Crippen LogP contribution in [0, 0.1) is 21.4 Å². The van der Waals surface area contributed by atoms with Crippen LogP contribution in [0.15, 0.2) is 94.9 Å². The first-order valence-corrected chi connectivity index (χ1v) is 11.0. The molecule has 0 atom stereocenters. The van der Waals surface area contributed by atoms with Crippen molar-refractivity contribution < 1.29 is 18.9 Å². The molecule has 0 aliphatic heterocycles. The number of hydrogen-bond acceptors (Lipinski definition) is 6. The summed E-state index contributed by atoms with van der Waals surface area (Å²) in [5.74, 6) is 0.486. The molecule has 1 N–H and O–H groups in total. The topological polar surface area (TPSA) is 118 Å². The van der Waals surface area contributed by atoms with Crippen molar-refractivity contribution in [3.05, 3.63) is 117 Å². The van der Waals surface area contributed by atoms with E-state index in [0.29, 0.717) is 23.6 Å². The molecule has 0 aliphatic rings. The van der Waals surface area contributed by atoms with Crippen LogP contribution < -0.4 is 10.1 Å². The molecule has 0 radical (unpaired) electrons. The number of nitrogens with zero attached hydrogens (tertiary/aromatic N) is 2. The van der Waals surface area contributed by atoms with Crippen LogP contribution in [0.3, 0.4) is 0 Å². The van der Waals surface area contributed by atoms with E-state index in [1.54, 1.807) is 30.3 Å². The standard InChI is InChI=1S/C27H18ClN3O5/c28-25-12-8-21(31(33)34)15-24(25)26-13-11-23(36-26)14-19(16-29)27(32)30-20-6-9-22(10-7-20)35-17-18-4-2-1-3-5-18/h1-15H,17H2,(H,30,32)/b19-14+. The quantitative estimate of drug-likeness (QED) is 0.126. The molecule has 4 rings (SSSR count). The molecule has 1 amide bonds. The van der Waals surface area contributed by atoms with E-state index in [1.807, 2.05) is 36.4 Å². The smallest absolute Gasteiger partial charge is 0.270 e. The third-order valence-electron chi connectivity index (χ3n) is 5.07. The normalized spacial score (nSPS) is 10.9. The Balaban J connectivity index is 1.43. The minimum absolute atomic E-state index is 0.142. The van der Waals surface area contributed by atoms with Crippen LogP contribution in [-0.4, -0.2) is 10.8 Å². The molecule has 0 bridgehead atoms. The zero-order valence-electron chi connectivity index (χ0n) is 18.7. The Morgan fingerprint density at radius 3 is 2.53 bits per heavy atom. The molecule has 3 aromatic carbocycles. The molecule has 1 aromatic heterocycles. The largest absolute Gasteiger partial charge is 0.489 e. The summed E-state index contributed by atoms with van der Waals surface area (Å²) in [5.41, 5.74) is 1.51. The zero-order chi connectivity index (χ0) is 25.5. The Bertz CT molecular complexity index is 1470. The predicted molar refractivity (Wildman–Crippen MR) is 135 cm³/mol. The number of carbonyl (C=O) groups is 1. The first-order valence-electron chi connectivity index (χ1n) is 10.7.